The molecule has 0 aliphatic carbocycles. The molecule has 0 saturated carbocycles. The van der Waals surface area contributed by atoms with Gasteiger partial charge in [0.05, 0.1) is 16.9 Å². The lowest BCUT2D eigenvalue weighted by Gasteiger charge is -2.19. The molecule has 1 aromatic heterocycles. The van der Waals surface area contributed by atoms with E-state index >= 15 is 0 Å². The molecule has 0 amide bonds. The number of nitrogens with one attached hydrogen (secondary N) is 1. The van der Waals surface area contributed by atoms with Crippen molar-refractivity contribution in [2.24, 2.45) is 0 Å². The first kappa shape index (κ1) is 14.6. The van der Waals surface area contributed by atoms with Crippen LogP contribution in [0.15, 0.2) is 34.1 Å². The van der Waals surface area contributed by atoms with Gasteiger partial charge in [-0.2, -0.15) is 0 Å². The minimum absolute atomic E-state index is 0.235. The summed E-state index contributed by atoms with van der Waals surface area (Å²) in [6.45, 7) is 5.23. The molecule has 2 nitrogen and oxygen atoms in total. The molecular weight excluding hydrogens is 322 g/mol. The van der Waals surface area contributed by atoms with Crippen molar-refractivity contribution in [1.82, 2.24) is 5.32 Å². The third-order valence-electron chi connectivity index (χ3n) is 3.09. The second kappa shape index (κ2) is 6.55. The van der Waals surface area contributed by atoms with Gasteiger partial charge in [-0.05, 0) is 58.7 Å². The highest BCUT2D eigenvalue weighted by Gasteiger charge is 2.17. The van der Waals surface area contributed by atoms with Gasteiger partial charge in [-0.1, -0.05) is 19.1 Å². The van der Waals surface area contributed by atoms with E-state index in [2.05, 4.69) is 53.3 Å². The van der Waals surface area contributed by atoms with Crippen LogP contribution < -0.4 is 10.1 Å². The van der Waals surface area contributed by atoms with E-state index in [1.54, 1.807) is 18.4 Å². The summed E-state index contributed by atoms with van der Waals surface area (Å²) in [7, 11) is 1.69. The number of thiophene rings is 1. The molecule has 1 unspecified atom stereocenters. The molecule has 4 heteroatoms. The van der Waals surface area contributed by atoms with Crippen molar-refractivity contribution < 1.29 is 4.74 Å². The van der Waals surface area contributed by atoms with Gasteiger partial charge in [0.2, 0.25) is 0 Å². The predicted molar refractivity (Wildman–Crippen MR) is 85.3 cm³/mol. The summed E-state index contributed by atoms with van der Waals surface area (Å²) in [6, 6.07) is 10.7. The van der Waals surface area contributed by atoms with Crippen molar-refractivity contribution in [3.05, 3.63) is 50.1 Å². The summed E-state index contributed by atoms with van der Waals surface area (Å²) < 4.78 is 6.39. The Bertz CT molecular complexity index is 536. The van der Waals surface area contributed by atoms with Gasteiger partial charge >= 0.3 is 0 Å². The minimum Gasteiger partial charge on any atom is -0.497 e. The standard InChI is InChI=1S/C15H18BrNOS/c1-4-17-15(13-9-14(16)19-10(13)2)11-5-7-12(18-3)8-6-11/h5-9,15,17H,4H2,1-3H3. The Balaban J connectivity index is 2.36. The Labute approximate surface area is 126 Å². The average molecular weight is 340 g/mol. The smallest absolute Gasteiger partial charge is 0.118 e. The van der Waals surface area contributed by atoms with Crippen LogP contribution in [0.5, 0.6) is 5.75 Å². The maximum atomic E-state index is 5.22. The Morgan fingerprint density at radius 3 is 2.47 bits per heavy atom. The zero-order chi connectivity index (χ0) is 13.8. The largest absolute Gasteiger partial charge is 0.497 e. The Kier molecular flexibility index (Phi) is 5.02. The van der Waals surface area contributed by atoms with Gasteiger partial charge in [0.15, 0.2) is 0 Å². The maximum Gasteiger partial charge on any atom is 0.118 e. The lowest BCUT2D eigenvalue weighted by atomic mass is 9.99. The van der Waals surface area contributed by atoms with Crippen LogP contribution >= 0.6 is 27.3 Å². The average Bonchev–Trinajstić information content (AvgIpc) is 2.75. The first-order valence-corrected chi connectivity index (χ1v) is 7.89. The molecule has 2 rings (SSSR count). The van der Waals surface area contributed by atoms with Gasteiger partial charge in [-0.25, -0.2) is 0 Å². The van der Waals surface area contributed by atoms with E-state index in [0.717, 1.165) is 12.3 Å². The molecule has 102 valence electrons. The van der Waals surface area contributed by atoms with Gasteiger partial charge in [0.25, 0.3) is 0 Å². The van der Waals surface area contributed by atoms with Crippen molar-refractivity contribution in [2.45, 2.75) is 19.9 Å². The van der Waals surface area contributed by atoms with Crippen LogP contribution in [-0.2, 0) is 0 Å². The number of halogens is 1. The summed E-state index contributed by atoms with van der Waals surface area (Å²) in [6.07, 6.45) is 0. The molecule has 0 spiro atoms. The van der Waals surface area contributed by atoms with Crippen LogP contribution in [-0.4, -0.2) is 13.7 Å². The third-order valence-corrected chi connectivity index (χ3v) is 4.66. The second-order valence-corrected chi connectivity index (χ2v) is 6.96. The number of benzene rings is 1. The van der Waals surface area contributed by atoms with Crippen molar-refractivity contribution in [2.75, 3.05) is 13.7 Å². The summed E-state index contributed by atoms with van der Waals surface area (Å²) in [5.74, 6) is 0.891. The summed E-state index contributed by atoms with van der Waals surface area (Å²) in [5.41, 5.74) is 2.60. The fraction of sp³-hybridized carbons (Fsp3) is 0.333. The van der Waals surface area contributed by atoms with Crippen LogP contribution in [0.2, 0.25) is 0 Å². The fourth-order valence-corrected chi connectivity index (χ4v) is 3.90. The third kappa shape index (κ3) is 3.38. The Hall–Kier alpha value is -0.840. The first-order valence-electron chi connectivity index (χ1n) is 6.29. The zero-order valence-corrected chi connectivity index (χ0v) is 13.8. The predicted octanol–water partition coefficient (Wildman–Crippen LogP) is 4.53. The molecule has 0 radical (unpaired) electrons. The SMILES string of the molecule is CCNC(c1ccc(OC)cc1)c1cc(Br)sc1C. The van der Waals surface area contributed by atoms with Crippen molar-refractivity contribution in [3.8, 4) is 5.75 Å². The molecule has 2 aromatic rings. The topological polar surface area (TPSA) is 21.3 Å². The van der Waals surface area contributed by atoms with Crippen LogP contribution in [0.3, 0.4) is 0 Å². The lowest BCUT2D eigenvalue weighted by molar-refractivity contribution is 0.414. The van der Waals surface area contributed by atoms with Gasteiger partial charge < -0.3 is 10.1 Å². The van der Waals surface area contributed by atoms with Crippen molar-refractivity contribution in [3.63, 3.8) is 0 Å². The Morgan fingerprint density at radius 1 is 1.32 bits per heavy atom. The van der Waals surface area contributed by atoms with E-state index in [9.17, 15) is 0 Å². The van der Waals surface area contributed by atoms with Gasteiger partial charge in [-0.3, -0.25) is 0 Å². The van der Waals surface area contributed by atoms with E-state index in [1.165, 1.54) is 19.8 Å². The number of methoxy groups -OCH3 is 1. The number of ether oxygens (including phenoxy) is 1. The summed E-state index contributed by atoms with van der Waals surface area (Å²) in [5, 5.41) is 3.55. The van der Waals surface area contributed by atoms with Gasteiger partial charge in [0, 0.05) is 4.88 Å². The molecule has 0 bridgehead atoms. The number of hydrogen-bond acceptors (Lipinski definition) is 3. The second-order valence-electron chi connectivity index (χ2n) is 4.33. The van der Waals surface area contributed by atoms with Crippen LogP contribution in [0.4, 0.5) is 0 Å². The molecule has 19 heavy (non-hydrogen) atoms. The summed E-state index contributed by atoms with van der Waals surface area (Å²) in [4.78, 5) is 1.34. The van der Waals surface area contributed by atoms with E-state index in [4.69, 9.17) is 4.74 Å². The van der Waals surface area contributed by atoms with Gasteiger partial charge in [-0.15, -0.1) is 11.3 Å². The Morgan fingerprint density at radius 2 is 2.00 bits per heavy atom. The highest BCUT2D eigenvalue weighted by molar-refractivity contribution is 9.11. The molecule has 0 aliphatic heterocycles. The summed E-state index contributed by atoms with van der Waals surface area (Å²) >= 11 is 5.35. The van der Waals surface area contributed by atoms with Crippen LogP contribution in [0.25, 0.3) is 0 Å². The fourth-order valence-electron chi connectivity index (χ4n) is 2.15. The van der Waals surface area contributed by atoms with Gasteiger partial charge in [0.1, 0.15) is 5.75 Å². The van der Waals surface area contributed by atoms with E-state index in [1.807, 2.05) is 12.1 Å². The number of aryl methyl sites for hydroxylation is 1. The minimum atomic E-state index is 0.235. The molecule has 1 atom stereocenters. The van der Waals surface area contributed by atoms with Crippen molar-refractivity contribution >= 4 is 27.3 Å². The number of hydrogen-bond donors (Lipinski definition) is 1. The first-order chi connectivity index (χ1) is 9.15. The molecule has 0 fully saturated rings. The lowest BCUT2D eigenvalue weighted by Crippen LogP contribution is -2.22. The van der Waals surface area contributed by atoms with Crippen molar-refractivity contribution in [1.29, 1.82) is 0 Å². The van der Waals surface area contributed by atoms with Crippen LogP contribution in [0.1, 0.15) is 29.0 Å². The highest BCUT2D eigenvalue weighted by Crippen LogP contribution is 2.34. The number of rotatable bonds is 5. The highest BCUT2D eigenvalue weighted by atomic mass is 79.9. The van der Waals surface area contributed by atoms with Crippen LogP contribution in [0, 0.1) is 6.92 Å². The van der Waals surface area contributed by atoms with E-state index < -0.39 is 0 Å². The molecule has 1 heterocycles. The monoisotopic (exact) mass is 339 g/mol. The van der Waals surface area contributed by atoms with E-state index in [-0.39, 0.29) is 6.04 Å². The zero-order valence-electron chi connectivity index (χ0n) is 11.4. The molecule has 0 saturated heterocycles. The molecule has 1 aromatic carbocycles. The quantitative estimate of drug-likeness (QED) is 0.864. The van der Waals surface area contributed by atoms with E-state index in [0.29, 0.717) is 0 Å². The maximum absolute atomic E-state index is 5.22. The molecule has 0 aliphatic rings. The normalized spacial score (nSPS) is 12.4. The molecule has 1 N–H and O–H groups in total. The molecular formula is C15H18BrNOS.